The summed E-state index contributed by atoms with van der Waals surface area (Å²) in [5, 5.41) is 0.797. The summed E-state index contributed by atoms with van der Waals surface area (Å²) >= 11 is 5.83. The summed E-state index contributed by atoms with van der Waals surface area (Å²) in [6, 6.07) is 8.08. The van der Waals surface area contributed by atoms with Crippen molar-refractivity contribution in [3.8, 4) is 0 Å². The smallest absolute Gasteiger partial charge is 0.146 e. The van der Waals surface area contributed by atoms with Crippen LogP contribution in [0.15, 0.2) is 24.3 Å². The summed E-state index contributed by atoms with van der Waals surface area (Å²) in [4.78, 5) is 0. The third-order valence-electron chi connectivity index (χ3n) is 2.86. The van der Waals surface area contributed by atoms with Gasteiger partial charge in [0.1, 0.15) is 6.79 Å². The van der Waals surface area contributed by atoms with Crippen LogP contribution in [0.5, 0.6) is 0 Å². The van der Waals surface area contributed by atoms with Crippen LogP contribution < -0.4 is 0 Å². The highest BCUT2D eigenvalue weighted by Crippen LogP contribution is 2.38. The number of rotatable bonds is 4. The molecule has 1 aromatic rings. The summed E-state index contributed by atoms with van der Waals surface area (Å²) in [6.07, 6.45) is 2.54. The van der Waals surface area contributed by atoms with E-state index in [0.717, 1.165) is 17.9 Å². The molecule has 82 valence electrons. The summed E-state index contributed by atoms with van der Waals surface area (Å²) in [6.45, 7) is 0.401. The van der Waals surface area contributed by atoms with Crippen LogP contribution in [0, 0.1) is 0 Å². The van der Waals surface area contributed by atoms with Gasteiger partial charge in [-0.15, -0.1) is 0 Å². The molecular formula is C12H15ClO2. The average Bonchev–Trinajstić information content (AvgIpc) is 2.18. The van der Waals surface area contributed by atoms with E-state index in [1.807, 2.05) is 12.1 Å². The highest BCUT2D eigenvalue weighted by Gasteiger charge is 2.30. The Kier molecular flexibility index (Phi) is 3.62. The molecule has 0 aromatic heterocycles. The van der Waals surface area contributed by atoms with E-state index in [4.69, 9.17) is 21.1 Å². The number of ether oxygens (including phenoxy) is 2. The van der Waals surface area contributed by atoms with Gasteiger partial charge in [0.15, 0.2) is 0 Å². The number of benzene rings is 1. The van der Waals surface area contributed by atoms with Crippen LogP contribution in [0.4, 0.5) is 0 Å². The fourth-order valence-electron chi connectivity index (χ4n) is 1.87. The highest BCUT2D eigenvalue weighted by atomic mass is 35.5. The van der Waals surface area contributed by atoms with Crippen molar-refractivity contribution in [1.29, 1.82) is 0 Å². The first-order valence-corrected chi connectivity index (χ1v) is 5.53. The predicted octanol–water partition coefficient (Wildman–Crippen LogP) is 3.21. The lowest BCUT2D eigenvalue weighted by atomic mass is 9.77. The molecule has 0 bridgehead atoms. The zero-order valence-corrected chi connectivity index (χ0v) is 9.54. The minimum absolute atomic E-state index is 0.366. The van der Waals surface area contributed by atoms with Crippen molar-refractivity contribution in [1.82, 2.24) is 0 Å². The molecule has 0 N–H and O–H groups in total. The van der Waals surface area contributed by atoms with Gasteiger partial charge in [-0.3, -0.25) is 0 Å². The molecule has 0 unspecified atom stereocenters. The largest absolute Gasteiger partial charge is 0.359 e. The molecule has 2 nitrogen and oxygen atoms in total. The molecule has 0 atom stereocenters. The lowest BCUT2D eigenvalue weighted by Gasteiger charge is -2.35. The van der Waals surface area contributed by atoms with Crippen molar-refractivity contribution >= 4 is 11.6 Å². The van der Waals surface area contributed by atoms with Crippen LogP contribution in [-0.4, -0.2) is 20.0 Å². The van der Waals surface area contributed by atoms with E-state index >= 15 is 0 Å². The summed E-state index contributed by atoms with van der Waals surface area (Å²) in [5.41, 5.74) is 1.36. The van der Waals surface area contributed by atoms with Gasteiger partial charge in [-0.25, -0.2) is 0 Å². The molecule has 1 aliphatic carbocycles. The number of methoxy groups -OCH3 is 1. The van der Waals surface area contributed by atoms with Gasteiger partial charge in [0.05, 0.1) is 6.10 Å². The fourth-order valence-corrected chi connectivity index (χ4v) is 2.00. The molecule has 15 heavy (non-hydrogen) atoms. The minimum Gasteiger partial charge on any atom is -0.359 e. The van der Waals surface area contributed by atoms with E-state index in [-0.39, 0.29) is 0 Å². The molecule has 0 saturated heterocycles. The number of hydrogen-bond donors (Lipinski definition) is 0. The van der Waals surface area contributed by atoms with Crippen molar-refractivity contribution in [2.75, 3.05) is 13.9 Å². The number of halogens is 1. The summed E-state index contributed by atoms with van der Waals surface area (Å²) in [5.74, 6) is 0.629. The maximum absolute atomic E-state index is 5.83. The van der Waals surface area contributed by atoms with Gasteiger partial charge in [-0.2, -0.15) is 0 Å². The van der Waals surface area contributed by atoms with Crippen LogP contribution in [0.2, 0.25) is 5.02 Å². The van der Waals surface area contributed by atoms with E-state index in [1.54, 1.807) is 7.11 Å². The third-order valence-corrected chi connectivity index (χ3v) is 3.11. The Morgan fingerprint density at radius 3 is 2.53 bits per heavy atom. The SMILES string of the molecule is COCOC1CC(c2ccc(Cl)cc2)C1. The van der Waals surface area contributed by atoms with Crippen LogP contribution >= 0.6 is 11.6 Å². The Morgan fingerprint density at radius 2 is 1.93 bits per heavy atom. The summed E-state index contributed by atoms with van der Waals surface area (Å²) in [7, 11) is 1.65. The molecular weight excluding hydrogens is 212 g/mol. The normalized spacial score (nSPS) is 24.9. The second kappa shape index (κ2) is 4.97. The van der Waals surface area contributed by atoms with Crippen molar-refractivity contribution < 1.29 is 9.47 Å². The molecule has 0 aliphatic heterocycles. The van der Waals surface area contributed by atoms with Crippen molar-refractivity contribution in [2.24, 2.45) is 0 Å². The topological polar surface area (TPSA) is 18.5 Å². The summed E-state index contributed by atoms with van der Waals surface area (Å²) < 4.78 is 10.3. The van der Waals surface area contributed by atoms with E-state index < -0.39 is 0 Å². The van der Waals surface area contributed by atoms with E-state index in [0.29, 0.717) is 18.8 Å². The molecule has 0 amide bonds. The predicted molar refractivity (Wildman–Crippen MR) is 60.2 cm³/mol. The lowest BCUT2D eigenvalue weighted by Crippen LogP contribution is -2.30. The molecule has 0 spiro atoms. The molecule has 1 aliphatic rings. The molecule has 1 aromatic carbocycles. The van der Waals surface area contributed by atoms with Gasteiger partial charge in [-0.05, 0) is 36.5 Å². The molecule has 2 rings (SSSR count). The van der Waals surface area contributed by atoms with Crippen LogP contribution in [0.25, 0.3) is 0 Å². The Labute approximate surface area is 95.1 Å². The number of hydrogen-bond acceptors (Lipinski definition) is 2. The van der Waals surface area contributed by atoms with Gasteiger partial charge in [-0.1, -0.05) is 23.7 Å². The average molecular weight is 227 g/mol. The molecule has 0 heterocycles. The Bertz CT molecular complexity index is 304. The third kappa shape index (κ3) is 2.71. The first-order chi connectivity index (χ1) is 7.29. The molecule has 3 heteroatoms. The van der Waals surface area contributed by atoms with Gasteiger partial charge >= 0.3 is 0 Å². The van der Waals surface area contributed by atoms with Gasteiger partial charge in [0.2, 0.25) is 0 Å². The van der Waals surface area contributed by atoms with E-state index in [1.165, 1.54) is 5.56 Å². The Hall–Kier alpha value is -0.570. The van der Waals surface area contributed by atoms with Gasteiger partial charge in [0, 0.05) is 12.1 Å². The molecule has 0 radical (unpaired) electrons. The van der Waals surface area contributed by atoms with Crippen LogP contribution in [-0.2, 0) is 9.47 Å². The van der Waals surface area contributed by atoms with Crippen molar-refractivity contribution in [3.63, 3.8) is 0 Å². The quantitative estimate of drug-likeness (QED) is 0.734. The van der Waals surface area contributed by atoms with Gasteiger partial charge in [0.25, 0.3) is 0 Å². The highest BCUT2D eigenvalue weighted by molar-refractivity contribution is 6.30. The minimum atomic E-state index is 0.366. The second-order valence-corrected chi connectivity index (χ2v) is 4.35. The standard InChI is InChI=1S/C12H15ClO2/c1-14-8-15-12-6-10(7-12)9-2-4-11(13)5-3-9/h2-5,10,12H,6-8H2,1H3. The van der Waals surface area contributed by atoms with Crippen LogP contribution in [0.3, 0.4) is 0 Å². The molecule has 1 saturated carbocycles. The maximum Gasteiger partial charge on any atom is 0.146 e. The fraction of sp³-hybridized carbons (Fsp3) is 0.500. The monoisotopic (exact) mass is 226 g/mol. The second-order valence-electron chi connectivity index (χ2n) is 3.92. The van der Waals surface area contributed by atoms with Crippen molar-refractivity contribution in [3.05, 3.63) is 34.9 Å². The molecule has 1 fully saturated rings. The zero-order valence-electron chi connectivity index (χ0n) is 8.78. The zero-order chi connectivity index (χ0) is 10.7. The van der Waals surface area contributed by atoms with Crippen molar-refractivity contribution in [2.45, 2.75) is 24.9 Å². The van der Waals surface area contributed by atoms with Gasteiger partial charge < -0.3 is 9.47 Å². The van der Waals surface area contributed by atoms with E-state index in [9.17, 15) is 0 Å². The first-order valence-electron chi connectivity index (χ1n) is 5.15. The lowest BCUT2D eigenvalue weighted by molar-refractivity contribution is -0.103. The Morgan fingerprint density at radius 1 is 1.27 bits per heavy atom. The van der Waals surface area contributed by atoms with E-state index in [2.05, 4.69) is 12.1 Å². The first kappa shape index (κ1) is 10.9. The maximum atomic E-state index is 5.83. The Balaban J connectivity index is 1.81. The van der Waals surface area contributed by atoms with Crippen LogP contribution in [0.1, 0.15) is 24.3 Å².